The Bertz CT molecular complexity index is 761. The fourth-order valence-corrected chi connectivity index (χ4v) is 2.52. The minimum absolute atomic E-state index is 0.0138. The van der Waals surface area contributed by atoms with E-state index in [0.717, 1.165) is 0 Å². The summed E-state index contributed by atoms with van der Waals surface area (Å²) in [5.41, 5.74) is 7.38. The van der Waals surface area contributed by atoms with E-state index in [9.17, 15) is 9.18 Å². The number of carbonyl (C=O) groups is 1. The van der Waals surface area contributed by atoms with Crippen LogP contribution in [-0.2, 0) is 0 Å². The van der Waals surface area contributed by atoms with E-state index in [4.69, 9.17) is 17.3 Å². The lowest BCUT2D eigenvalue weighted by atomic mass is 10.0. The van der Waals surface area contributed by atoms with Crippen LogP contribution in [-0.4, -0.2) is 45.4 Å². The van der Waals surface area contributed by atoms with E-state index in [2.05, 4.69) is 24.2 Å². The van der Waals surface area contributed by atoms with Gasteiger partial charge in [0, 0.05) is 19.6 Å². The van der Waals surface area contributed by atoms with Crippen molar-refractivity contribution in [3.63, 3.8) is 0 Å². The van der Waals surface area contributed by atoms with Crippen molar-refractivity contribution < 1.29 is 9.18 Å². The summed E-state index contributed by atoms with van der Waals surface area (Å²) in [5.74, 6) is -0.386. The summed E-state index contributed by atoms with van der Waals surface area (Å²) in [6, 6.07) is 4.26. The predicted molar refractivity (Wildman–Crippen MR) is 95.5 cm³/mol. The smallest absolute Gasteiger partial charge is 0.276 e. The van der Waals surface area contributed by atoms with Gasteiger partial charge in [-0.15, -0.1) is 5.10 Å². The molecule has 1 heterocycles. The number of nitrogens with two attached hydrogens (primary N) is 1. The Hall–Kier alpha value is -1.99. The minimum atomic E-state index is -0.513. The van der Waals surface area contributed by atoms with Gasteiger partial charge in [-0.2, -0.15) is 0 Å². The molecule has 6 nitrogen and oxygen atoms in total. The number of halogens is 2. The summed E-state index contributed by atoms with van der Waals surface area (Å²) in [6.45, 7) is 6.37. The lowest BCUT2D eigenvalue weighted by molar-refractivity contribution is 0.0782. The SMILES string of the molecule is Cc1c(C(=O)N(C)CCC(N)C(C)C)nnn1-c1ccc(F)c(Cl)c1. The van der Waals surface area contributed by atoms with Crippen LogP contribution in [0.1, 0.15) is 36.5 Å². The molecule has 2 rings (SSSR count). The molecule has 0 aliphatic rings. The summed E-state index contributed by atoms with van der Waals surface area (Å²) in [6.07, 6.45) is 0.709. The maximum absolute atomic E-state index is 13.3. The molecule has 1 aromatic heterocycles. The van der Waals surface area contributed by atoms with Gasteiger partial charge in [0.05, 0.1) is 16.4 Å². The van der Waals surface area contributed by atoms with Gasteiger partial charge in [-0.3, -0.25) is 4.79 Å². The first-order chi connectivity index (χ1) is 11.7. The van der Waals surface area contributed by atoms with Crippen LogP contribution in [0.25, 0.3) is 5.69 Å². The van der Waals surface area contributed by atoms with Gasteiger partial charge in [-0.25, -0.2) is 9.07 Å². The maximum Gasteiger partial charge on any atom is 0.276 e. The highest BCUT2D eigenvalue weighted by Crippen LogP contribution is 2.20. The van der Waals surface area contributed by atoms with Gasteiger partial charge in [0.1, 0.15) is 5.82 Å². The third-order valence-corrected chi connectivity index (χ3v) is 4.54. The zero-order valence-electron chi connectivity index (χ0n) is 14.8. The number of benzene rings is 1. The summed E-state index contributed by atoms with van der Waals surface area (Å²) >= 11 is 5.81. The first-order valence-corrected chi connectivity index (χ1v) is 8.49. The van der Waals surface area contributed by atoms with E-state index < -0.39 is 5.82 Å². The standard InChI is InChI=1S/C17H23ClFN5O/c1-10(2)15(20)7-8-23(4)17(25)16-11(3)24(22-21-16)12-5-6-14(19)13(18)9-12/h5-6,9-10,15H,7-8,20H2,1-4H3. The van der Waals surface area contributed by atoms with E-state index >= 15 is 0 Å². The Balaban J connectivity index is 2.16. The molecule has 1 unspecified atom stereocenters. The van der Waals surface area contributed by atoms with Crippen molar-refractivity contribution in [3.8, 4) is 5.69 Å². The summed E-state index contributed by atoms with van der Waals surface area (Å²) in [5, 5.41) is 7.96. The van der Waals surface area contributed by atoms with E-state index in [0.29, 0.717) is 30.3 Å². The summed E-state index contributed by atoms with van der Waals surface area (Å²) in [4.78, 5) is 14.2. The van der Waals surface area contributed by atoms with E-state index in [1.54, 1.807) is 18.9 Å². The normalized spacial score (nSPS) is 12.5. The van der Waals surface area contributed by atoms with Crippen molar-refractivity contribution in [2.75, 3.05) is 13.6 Å². The molecule has 0 fully saturated rings. The van der Waals surface area contributed by atoms with Gasteiger partial charge in [0.15, 0.2) is 5.69 Å². The average molecular weight is 368 g/mol. The molecule has 0 aliphatic carbocycles. The number of hydrogen-bond donors (Lipinski definition) is 1. The van der Waals surface area contributed by atoms with Crippen LogP contribution in [0.2, 0.25) is 5.02 Å². The Morgan fingerprint density at radius 3 is 2.72 bits per heavy atom. The van der Waals surface area contributed by atoms with E-state index in [1.165, 1.54) is 22.9 Å². The van der Waals surface area contributed by atoms with Crippen LogP contribution in [0, 0.1) is 18.7 Å². The van der Waals surface area contributed by atoms with Crippen LogP contribution in [0.3, 0.4) is 0 Å². The average Bonchev–Trinajstić information content (AvgIpc) is 2.95. The van der Waals surface area contributed by atoms with Crippen molar-refractivity contribution in [2.24, 2.45) is 11.7 Å². The third kappa shape index (κ3) is 4.35. The molecule has 0 spiro atoms. The number of rotatable bonds is 6. The van der Waals surface area contributed by atoms with E-state index in [-0.39, 0.29) is 22.7 Å². The largest absolute Gasteiger partial charge is 0.340 e. The highest BCUT2D eigenvalue weighted by atomic mass is 35.5. The highest BCUT2D eigenvalue weighted by Gasteiger charge is 2.21. The molecule has 0 bridgehead atoms. The molecule has 2 N–H and O–H groups in total. The molecule has 0 saturated carbocycles. The molecule has 8 heteroatoms. The second-order valence-corrected chi connectivity index (χ2v) is 6.86. The van der Waals surface area contributed by atoms with Crippen LogP contribution in [0.4, 0.5) is 4.39 Å². The molecule has 1 aromatic carbocycles. The molecule has 25 heavy (non-hydrogen) atoms. The summed E-state index contributed by atoms with van der Waals surface area (Å²) in [7, 11) is 1.71. The number of hydrogen-bond acceptors (Lipinski definition) is 4. The van der Waals surface area contributed by atoms with Crippen LogP contribution >= 0.6 is 11.6 Å². The molecule has 0 radical (unpaired) electrons. The van der Waals surface area contributed by atoms with Crippen LogP contribution in [0.5, 0.6) is 0 Å². The molecule has 2 aromatic rings. The van der Waals surface area contributed by atoms with Crippen molar-refractivity contribution in [1.29, 1.82) is 0 Å². The number of aromatic nitrogens is 3. The maximum atomic E-state index is 13.3. The predicted octanol–water partition coefficient (Wildman–Crippen LogP) is 2.81. The Morgan fingerprint density at radius 1 is 1.44 bits per heavy atom. The number of nitrogens with zero attached hydrogens (tertiary/aromatic N) is 4. The Kier molecular flexibility index (Phi) is 6.13. The molecule has 0 saturated heterocycles. The first-order valence-electron chi connectivity index (χ1n) is 8.11. The number of carbonyl (C=O) groups excluding carboxylic acids is 1. The number of amides is 1. The van der Waals surface area contributed by atoms with Gasteiger partial charge in [0.25, 0.3) is 5.91 Å². The molecular weight excluding hydrogens is 345 g/mol. The second-order valence-electron chi connectivity index (χ2n) is 6.46. The van der Waals surface area contributed by atoms with Gasteiger partial charge in [-0.1, -0.05) is 30.7 Å². The molecule has 0 aliphatic heterocycles. The molecular formula is C17H23ClFN5O. The van der Waals surface area contributed by atoms with Crippen molar-refractivity contribution in [1.82, 2.24) is 19.9 Å². The monoisotopic (exact) mass is 367 g/mol. The van der Waals surface area contributed by atoms with Gasteiger partial charge < -0.3 is 10.6 Å². The summed E-state index contributed by atoms with van der Waals surface area (Å²) < 4.78 is 14.8. The van der Waals surface area contributed by atoms with Crippen molar-refractivity contribution in [2.45, 2.75) is 33.2 Å². The first kappa shape index (κ1) is 19.3. The zero-order valence-corrected chi connectivity index (χ0v) is 15.6. The molecule has 1 atom stereocenters. The fraction of sp³-hybridized carbons (Fsp3) is 0.471. The fourth-order valence-electron chi connectivity index (χ4n) is 2.35. The topological polar surface area (TPSA) is 77.0 Å². The van der Waals surface area contributed by atoms with Gasteiger partial charge >= 0.3 is 0 Å². The minimum Gasteiger partial charge on any atom is -0.340 e. The lowest BCUT2D eigenvalue weighted by Crippen LogP contribution is -2.35. The van der Waals surface area contributed by atoms with Crippen LogP contribution < -0.4 is 5.73 Å². The highest BCUT2D eigenvalue weighted by molar-refractivity contribution is 6.30. The van der Waals surface area contributed by atoms with Crippen LogP contribution in [0.15, 0.2) is 18.2 Å². The van der Waals surface area contributed by atoms with E-state index in [1.807, 2.05) is 0 Å². The van der Waals surface area contributed by atoms with Gasteiger partial charge in [0.2, 0.25) is 0 Å². The third-order valence-electron chi connectivity index (χ3n) is 4.25. The second kappa shape index (κ2) is 7.93. The molecule has 136 valence electrons. The van der Waals surface area contributed by atoms with Crippen molar-refractivity contribution >= 4 is 17.5 Å². The Labute approximate surface area is 151 Å². The molecule has 1 amide bonds. The lowest BCUT2D eigenvalue weighted by Gasteiger charge is -2.21. The zero-order chi connectivity index (χ0) is 18.7. The van der Waals surface area contributed by atoms with Gasteiger partial charge in [-0.05, 0) is 37.5 Å². The Morgan fingerprint density at radius 2 is 2.12 bits per heavy atom. The van der Waals surface area contributed by atoms with Crippen molar-refractivity contribution in [3.05, 3.63) is 40.4 Å². The quantitative estimate of drug-likeness (QED) is 0.851.